The molecule has 0 radical (unpaired) electrons. The topological polar surface area (TPSA) is 105 Å². The summed E-state index contributed by atoms with van der Waals surface area (Å²) in [4.78, 5) is 40.5. The molecule has 4 rings (SSSR count). The van der Waals surface area contributed by atoms with Crippen LogP contribution >= 0.6 is 0 Å². The Morgan fingerprint density at radius 2 is 1.50 bits per heavy atom. The van der Waals surface area contributed by atoms with Crippen molar-refractivity contribution in [3.05, 3.63) is 119 Å². The van der Waals surface area contributed by atoms with Crippen molar-refractivity contribution in [2.45, 2.75) is 33.2 Å². The van der Waals surface area contributed by atoms with E-state index in [1.807, 2.05) is 80.6 Å². The number of hydrogen-bond acceptors (Lipinski definition) is 5. The number of carboxylic acids is 1. The van der Waals surface area contributed by atoms with Crippen LogP contribution in [0.25, 0.3) is 11.1 Å². The summed E-state index contributed by atoms with van der Waals surface area (Å²) < 4.78 is 11.1. The Balaban J connectivity index is 1.59. The highest BCUT2D eigenvalue weighted by Gasteiger charge is 2.23. The standard InChI is InChI=1S/C36H38N2O6/c1-4-44-32-17-16-26(23-33(32)43-3)18-20-38(21-19-34(39)40)36(42)31-15-8-6-13-29(31)28-12-5-7-14-30(28)35(41)37-24-27-11-9-10-25(2)22-27/h5-17,22-23H,4,18-21,24H2,1-3H3,(H,37,41)(H,39,40). The maximum absolute atomic E-state index is 14.0. The van der Waals surface area contributed by atoms with Crippen LogP contribution in [0.2, 0.25) is 0 Å². The third kappa shape index (κ3) is 8.25. The minimum absolute atomic E-state index is 0.0370. The minimum Gasteiger partial charge on any atom is -0.493 e. The average molecular weight is 595 g/mol. The van der Waals surface area contributed by atoms with Gasteiger partial charge in [0.1, 0.15) is 0 Å². The van der Waals surface area contributed by atoms with Gasteiger partial charge in [-0.3, -0.25) is 14.4 Å². The van der Waals surface area contributed by atoms with Crippen molar-refractivity contribution in [2.24, 2.45) is 0 Å². The van der Waals surface area contributed by atoms with E-state index in [4.69, 9.17) is 9.47 Å². The number of carbonyl (C=O) groups excluding carboxylic acids is 2. The zero-order valence-electron chi connectivity index (χ0n) is 25.3. The molecule has 4 aromatic rings. The van der Waals surface area contributed by atoms with E-state index in [0.29, 0.717) is 53.3 Å². The van der Waals surface area contributed by atoms with Crippen LogP contribution in [-0.2, 0) is 17.8 Å². The van der Waals surface area contributed by atoms with E-state index in [2.05, 4.69) is 5.32 Å². The van der Waals surface area contributed by atoms with Crippen LogP contribution in [0.15, 0.2) is 91.0 Å². The summed E-state index contributed by atoms with van der Waals surface area (Å²) >= 11 is 0. The number of benzene rings is 4. The van der Waals surface area contributed by atoms with Gasteiger partial charge in [-0.15, -0.1) is 0 Å². The van der Waals surface area contributed by atoms with Crippen molar-refractivity contribution < 1.29 is 29.0 Å². The molecule has 0 aromatic heterocycles. The molecule has 2 amide bonds. The molecule has 0 aliphatic heterocycles. The van der Waals surface area contributed by atoms with Gasteiger partial charge in [-0.1, -0.05) is 72.3 Å². The molecule has 0 spiro atoms. The molecular weight excluding hydrogens is 556 g/mol. The summed E-state index contributed by atoms with van der Waals surface area (Å²) in [6.45, 7) is 5.10. The number of rotatable bonds is 14. The lowest BCUT2D eigenvalue weighted by Gasteiger charge is -2.24. The van der Waals surface area contributed by atoms with Gasteiger partial charge in [0.25, 0.3) is 11.8 Å². The van der Waals surface area contributed by atoms with Crippen molar-refractivity contribution in [1.82, 2.24) is 10.2 Å². The van der Waals surface area contributed by atoms with Gasteiger partial charge in [-0.2, -0.15) is 0 Å². The first-order chi connectivity index (χ1) is 21.3. The summed E-state index contributed by atoms with van der Waals surface area (Å²) in [7, 11) is 1.57. The zero-order chi connectivity index (χ0) is 31.5. The third-order valence-corrected chi connectivity index (χ3v) is 7.24. The predicted molar refractivity (Wildman–Crippen MR) is 170 cm³/mol. The Morgan fingerprint density at radius 3 is 2.18 bits per heavy atom. The van der Waals surface area contributed by atoms with Crippen molar-refractivity contribution >= 4 is 17.8 Å². The molecule has 0 aliphatic carbocycles. The second kappa shape index (κ2) is 15.4. The lowest BCUT2D eigenvalue weighted by molar-refractivity contribution is -0.137. The number of carboxylic acid groups (broad SMARTS) is 1. The Kier molecular flexibility index (Phi) is 11.1. The lowest BCUT2D eigenvalue weighted by atomic mass is 9.94. The summed E-state index contributed by atoms with van der Waals surface area (Å²) in [5.41, 5.74) is 5.07. The molecule has 8 heteroatoms. The van der Waals surface area contributed by atoms with Crippen molar-refractivity contribution in [1.29, 1.82) is 0 Å². The molecule has 228 valence electrons. The SMILES string of the molecule is CCOc1ccc(CCN(CCC(=O)O)C(=O)c2ccccc2-c2ccccc2C(=O)NCc2cccc(C)c2)cc1OC. The van der Waals surface area contributed by atoms with Gasteiger partial charge >= 0.3 is 5.97 Å². The number of aryl methyl sites for hydroxylation is 1. The Hall–Kier alpha value is -5.11. The lowest BCUT2D eigenvalue weighted by Crippen LogP contribution is -2.35. The second-order valence-corrected chi connectivity index (χ2v) is 10.4. The first-order valence-corrected chi connectivity index (χ1v) is 14.6. The summed E-state index contributed by atoms with van der Waals surface area (Å²) in [6.07, 6.45) is 0.284. The summed E-state index contributed by atoms with van der Waals surface area (Å²) in [6, 6.07) is 27.8. The van der Waals surface area contributed by atoms with Gasteiger partial charge in [0.2, 0.25) is 0 Å². The Labute approximate surface area is 258 Å². The number of hydrogen-bond donors (Lipinski definition) is 2. The second-order valence-electron chi connectivity index (χ2n) is 10.4. The molecule has 4 aromatic carbocycles. The van der Waals surface area contributed by atoms with E-state index >= 15 is 0 Å². The van der Waals surface area contributed by atoms with Crippen molar-refractivity contribution in [3.8, 4) is 22.6 Å². The normalized spacial score (nSPS) is 10.6. The molecule has 0 fully saturated rings. The highest BCUT2D eigenvalue weighted by molar-refractivity contribution is 6.06. The number of aliphatic carboxylic acids is 1. The predicted octanol–water partition coefficient (Wildman–Crippen LogP) is 6.16. The van der Waals surface area contributed by atoms with E-state index in [1.165, 1.54) is 0 Å². The number of methoxy groups -OCH3 is 1. The molecule has 0 aliphatic rings. The van der Waals surface area contributed by atoms with E-state index < -0.39 is 5.97 Å². The number of nitrogens with zero attached hydrogens (tertiary/aromatic N) is 1. The van der Waals surface area contributed by atoms with E-state index in [0.717, 1.165) is 16.7 Å². The van der Waals surface area contributed by atoms with Crippen LogP contribution in [0, 0.1) is 6.92 Å². The summed E-state index contributed by atoms with van der Waals surface area (Å²) in [5, 5.41) is 12.4. The maximum atomic E-state index is 14.0. The highest BCUT2D eigenvalue weighted by Crippen LogP contribution is 2.30. The van der Waals surface area contributed by atoms with Gasteiger partial charge in [-0.05, 0) is 66.8 Å². The molecule has 2 N–H and O–H groups in total. The molecular formula is C36H38N2O6. The monoisotopic (exact) mass is 594 g/mol. The molecule has 44 heavy (non-hydrogen) atoms. The number of nitrogens with one attached hydrogen (secondary N) is 1. The van der Waals surface area contributed by atoms with Crippen LogP contribution in [0.4, 0.5) is 0 Å². The molecule has 8 nitrogen and oxygen atoms in total. The molecule has 0 heterocycles. The minimum atomic E-state index is -0.991. The Morgan fingerprint density at radius 1 is 0.795 bits per heavy atom. The Bertz CT molecular complexity index is 1620. The number of ether oxygens (including phenoxy) is 2. The zero-order valence-corrected chi connectivity index (χ0v) is 25.3. The van der Waals surface area contributed by atoms with Gasteiger partial charge in [0.05, 0.1) is 20.1 Å². The van der Waals surface area contributed by atoms with Crippen molar-refractivity contribution in [2.75, 3.05) is 26.8 Å². The fourth-order valence-electron chi connectivity index (χ4n) is 5.04. The fourth-order valence-corrected chi connectivity index (χ4v) is 5.04. The third-order valence-electron chi connectivity index (χ3n) is 7.24. The largest absolute Gasteiger partial charge is 0.493 e. The van der Waals surface area contributed by atoms with Crippen LogP contribution < -0.4 is 14.8 Å². The molecule has 0 bridgehead atoms. The molecule has 0 saturated heterocycles. The number of amides is 2. The highest BCUT2D eigenvalue weighted by atomic mass is 16.5. The molecule has 0 unspecified atom stereocenters. The quantitative estimate of drug-likeness (QED) is 0.181. The average Bonchev–Trinajstić information content (AvgIpc) is 3.04. The fraction of sp³-hybridized carbons (Fsp3) is 0.250. The van der Waals surface area contributed by atoms with E-state index in [9.17, 15) is 19.5 Å². The molecule has 0 atom stereocenters. The molecule has 0 saturated carbocycles. The van der Waals surface area contributed by atoms with Gasteiger partial charge < -0.3 is 24.8 Å². The first kappa shape index (κ1) is 31.8. The van der Waals surface area contributed by atoms with Gasteiger partial charge in [0.15, 0.2) is 11.5 Å². The van der Waals surface area contributed by atoms with E-state index in [1.54, 1.807) is 36.3 Å². The smallest absolute Gasteiger partial charge is 0.305 e. The van der Waals surface area contributed by atoms with Crippen LogP contribution in [-0.4, -0.2) is 54.6 Å². The summed E-state index contributed by atoms with van der Waals surface area (Å²) in [5.74, 6) is -0.329. The van der Waals surface area contributed by atoms with Crippen molar-refractivity contribution in [3.63, 3.8) is 0 Å². The van der Waals surface area contributed by atoms with Gasteiger partial charge in [-0.25, -0.2) is 0 Å². The van der Waals surface area contributed by atoms with Gasteiger partial charge in [0, 0.05) is 30.8 Å². The van der Waals surface area contributed by atoms with Crippen LogP contribution in [0.1, 0.15) is 50.8 Å². The van der Waals surface area contributed by atoms with Crippen LogP contribution in [0.5, 0.6) is 11.5 Å². The van der Waals surface area contributed by atoms with Crippen LogP contribution in [0.3, 0.4) is 0 Å². The maximum Gasteiger partial charge on any atom is 0.305 e. The first-order valence-electron chi connectivity index (χ1n) is 14.6. The van der Waals surface area contributed by atoms with E-state index in [-0.39, 0.29) is 31.3 Å². The number of carbonyl (C=O) groups is 3.